The van der Waals surface area contributed by atoms with Gasteiger partial charge < -0.3 is 42.3 Å². The molecule has 6 aromatic carbocycles. The fraction of sp³-hybridized carbons (Fsp3) is 0.400. The summed E-state index contributed by atoms with van der Waals surface area (Å²) in [6.45, 7) is 18.8. The van der Waals surface area contributed by atoms with Crippen molar-refractivity contribution < 1.29 is 47.1 Å². The Morgan fingerprint density at radius 2 is 1.11 bits per heavy atom. The van der Waals surface area contributed by atoms with Crippen LogP contribution in [0.15, 0.2) is 146 Å². The van der Waals surface area contributed by atoms with Gasteiger partial charge in [0.2, 0.25) is 0 Å². The molecule has 0 amide bonds. The van der Waals surface area contributed by atoms with Gasteiger partial charge in [0.25, 0.3) is 0 Å². The van der Waals surface area contributed by atoms with Crippen molar-refractivity contribution in [3.63, 3.8) is 0 Å². The van der Waals surface area contributed by atoms with E-state index >= 15 is 0 Å². The summed E-state index contributed by atoms with van der Waals surface area (Å²) >= 11 is 0. The standard InChI is InChI=1S/C40H54O5Si.C25H24O5/c1-39(2,3)46(6,7)45-27-17-12-10-8-9-11-16-20-37-36-26-25-35(44-31-41-5)28-38(36)43-30-40(37,4)33-21-23-34(24-22-33)42-29-32-18-14-13-15-19-32;1-25(16-29-23-14-21(30-17-27-2)12-13-22(23)24(25)26)19-8-10-20(11-9-19)28-15-18-6-4-3-5-7-18/h13-15,18-19,21-26,28,37H,8-12,17,27,29-31H2,1-7H3;3-14H,15-17H2,1-2H3. The first kappa shape index (κ1) is 57.2. The van der Waals surface area contributed by atoms with Gasteiger partial charge in [-0.1, -0.05) is 144 Å². The maximum absolute atomic E-state index is 13.3. The van der Waals surface area contributed by atoms with Crippen LogP contribution in [0.3, 0.4) is 0 Å². The lowest BCUT2D eigenvalue weighted by Gasteiger charge is -2.40. The van der Waals surface area contributed by atoms with Crippen molar-refractivity contribution in [3.05, 3.63) is 179 Å². The topological polar surface area (TPSA) is 100 Å². The fourth-order valence-electron chi connectivity index (χ4n) is 8.96. The number of methoxy groups -OCH3 is 2. The normalized spacial score (nSPS) is 17.8. The number of benzene rings is 6. The molecule has 0 bridgehead atoms. The van der Waals surface area contributed by atoms with E-state index in [1.54, 1.807) is 32.4 Å². The summed E-state index contributed by atoms with van der Waals surface area (Å²) in [7, 11) is 1.53. The van der Waals surface area contributed by atoms with E-state index in [4.69, 9.17) is 42.3 Å². The summed E-state index contributed by atoms with van der Waals surface area (Å²) in [5.74, 6) is 11.6. The summed E-state index contributed by atoms with van der Waals surface area (Å²) < 4.78 is 51.7. The molecule has 0 spiro atoms. The van der Waals surface area contributed by atoms with Gasteiger partial charge in [0.15, 0.2) is 27.7 Å². The highest BCUT2D eigenvalue weighted by Gasteiger charge is 2.43. The molecule has 8 rings (SSSR count). The third kappa shape index (κ3) is 15.1. The second kappa shape index (κ2) is 27.0. The number of unbranched alkanes of at least 4 members (excludes halogenated alkanes) is 5. The van der Waals surface area contributed by atoms with Crippen LogP contribution in [0.4, 0.5) is 0 Å². The Morgan fingerprint density at radius 1 is 0.592 bits per heavy atom. The molecule has 2 heterocycles. The van der Waals surface area contributed by atoms with E-state index in [0.29, 0.717) is 36.9 Å². The lowest BCUT2D eigenvalue weighted by Crippen LogP contribution is -2.42. The van der Waals surface area contributed by atoms with Crippen LogP contribution in [-0.4, -0.2) is 61.7 Å². The molecule has 3 atom stereocenters. The highest BCUT2D eigenvalue weighted by molar-refractivity contribution is 6.74. The minimum Gasteiger partial charge on any atom is -0.492 e. The van der Waals surface area contributed by atoms with Crippen molar-refractivity contribution in [2.75, 3.05) is 47.6 Å². The molecule has 0 radical (unpaired) electrons. The van der Waals surface area contributed by atoms with Gasteiger partial charge in [-0.2, -0.15) is 0 Å². The number of carbonyl (C=O) groups is 1. The molecule has 6 aromatic rings. The molecule has 402 valence electrons. The van der Waals surface area contributed by atoms with Crippen LogP contribution in [0, 0.1) is 11.8 Å². The lowest BCUT2D eigenvalue weighted by molar-refractivity contribution is 0.0505. The summed E-state index contributed by atoms with van der Waals surface area (Å²) in [6.07, 6.45) is 6.78. The number of hydrogen-bond donors (Lipinski definition) is 0. The SMILES string of the molecule is COCOc1ccc2c(c1)OCC(C)(c1ccc(OCc3ccccc3)cc1)C2=O.COCOc1ccc2c(c1)OCC(C)(c1ccc(OCc3ccccc3)cc1)C2C#CCCCCCCCO[Si](C)(C)C(C)(C)C. The molecule has 0 aromatic heterocycles. The van der Waals surface area contributed by atoms with Crippen LogP contribution < -0.4 is 28.4 Å². The van der Waals surface area contributed by atoms with Crippen LogP contribution in [0.2, 0.25) is 18.1 Å². The van der Waals surface area contributed by atoms with Gasteiger partial charge in [-0.3, -0.25) is 4.79 Å². The minimum atomic E-state index is -1.64. The van der Waals surface area contributed by atoms with Gasteiger partial charge in [-0.05, 0) is 103 Å². The molecule has 0 aliphatic carbocycles. The van der Waals surface area contributed by atoms with E-state index in [-0.39, 0.29) is 42.3 Å². The first-order chi connectivity index (χ1) is 36.6. The maximum Gasteiger partial charge on any atom is 0.191 e. The maximum atomic E-state index is 13.3. The second-order valence-corrected chi connectivity index (χ2v) is 26.4. The number of Topliss-reactive ketones (excluding diaryl/α,β-unsaturated/α-hetero) is 1. The third-order valence-electron chi connectivity index (χ3n) is 14.8. The average Bonchev–Trinajstić information content (AvgIpc) is 3.49. The van der Waals surface area contributed by atoms with E-state index in [1.165, 1.54) is 24.8 Å². The number of carbonyl (C=O) groups excluding carboxylic acids is 1. The monoisotopic (exact) mass is 1050 g/mol. The van der Waals surface area contributed by atoms with Crippen molar-refractivity contribution in [3.8, 4) is 46.3 Å². The van der Waals surface area contributed by atoms with Crippen molar-refractivity contribution in [2.45, 2.75) is 121 Å². The zero-order valence-corrected chi connectivity index (χ0v) is 47.2. The van der Waals surface area contributed by atoms with E-state index in [0.717, 1.165) is 71.1 Å². The predicted octanol–water partition coefficient (Wildman–Crippen LogP) is 14.8. The Hall–Kier alpha value is -6.55. The van der Waals surface area contributed by atoms with Crippen LogP contribution in [0.5, 0.6) is 34.5 Å². The molecule has 0 fully saturated rings. The molecule has 76 heavy (non-hydrogen) atoms. The van der Waals surface area contributed by atoms with Gasteiger partial charge >= 0.3 is 0 Å². The molecule has 0 saturated carbocycles. The predicted molar refractivity (Wildman–Crippen MR) is 304 cm³/mol. The van der Waals surface area contributed by atoms with Crippen LogP contribution in [0.25, 0.3) is 0 Å². The average molecular weight is 1050 g/mol. The van der Waals surface area contributed by atoms with Gasteiger partial charge in [-0.25, -0.2) is 0 Å². The van der Waals surface area contributed by atoms with Crippen molar-refractivity contribution in [1.82, 2.24) is 0 Å². The fourth-order valence-corrected chi connectivity index (χ4v) is 10.0. The highest BCUT2D eigenvalue weighted by Crippen LogP contribution is 2.48. The summed E-state index contributed by atoms with van der Waals surface area (Å²) in [6, 6.07) is 47.6. The second-order valence-electron chi connectivity index (χ2n) is 21.6. The molecule has 0 saturated heterocycles. The number of fused-ring (bicyclic) bond motifs is 2. The molecule has 2 aliphatic rings. The number of rotatable bonds is 22. The van der Waals surface area contributed by atoms with Gasteiger partial charge in [0, 0.05) is 50.4 Å². The summed E-state index contributed by atoms with van der Waals surface area (Å²) in [5.41, 5.74) is 4.89. The molecule has 3 unspecified atom stereocenters. The smallest absolute Gasteiger partial charge is 0.191 e. The van der Waals surface area contributed by atoms with Gasteiger partial charge in [0.05, 0.1) is 23.5 Å². The highest BCUT2D eigenvalue weighted by atomic mass is 28.4. The van der Waals surface area contributed by atoms with Gasteiger partial charge in [0.1, 0.15) is 54.3 Å². The largest absolute Gasteiger partial charge is 0.492 e. The third-order valence-corrected chi connectivity index (χ3v) is 19.4. The number of ketones is 1. The Balaban J connectivity index is 0.000000241. The Morgan fingerprint density at radius 3 is 1.68 bits per heavy atom. The van der Waals surface area contributed by atoms with E-state index in [2.05, 4.69) is 95.1 Å². The first-order valence-corrected chi connectivity index (χ1v) is 29.5. The zero-order valence-electron chi connectivity index (χ0n) is 46.2. The lowest BCUT2D eigenvalue weighted by atomic mass is 9.68. The van der Waals surface area contributed by atoms with Gasteiger partial charge in [-0.15, -0.1) is 5.92 Å². The van der Waals surface area contributed by atoms with E-state index in [1.807, 2.05) is 91.9 Å². The van der Waals surface area contributed by atoms with Crippen LogP contribution >= 0.6 is 0 Å². The molecule has 11 heteroatoms. The Labute approximate surface area is 453 Å². The molecule has 2 aliphatic heterocycles. The van der Waals surface area contributed by atoms with E-state index in [9.17, 15) is 4.79 Å². The summed E-state index contributed by atoms with van der Waals surface area (Å²) in [4.78, 5) is 13.3. The molecule has 0 N–H and O–H groups in total. The first-order valence-electron chi connectivity index (χ1n) is 26.6. The molecule has 10 nitrogen and oxygen atoms in total. The van der Waals surface area contributed by atoms with Crippen molar-refractivity contribution in [1.29, 1.82) is 0 Å². The van der Waals surface area contributed by atoms with Crippen molar-refractivity contribution in [2.24, 2.45) is 0 Å². The number of ether oxygens (including phenoxy) is 8. The quantitative estimate of drug-likeness (QED) is 0.0283. The van der Waals surface area contributed by atoms with E-state index < -0.39 is 13.7 Å². The Kier molecular flexibility index (Phi) is 20.3. The molecular formula is C65H78O10Si. The minimum absolute atomic E-state index is 0.0173. The summed E-state index contributed by atoms with van der Waals surface area (Å²) in [5, 5.41) is 0.271. The van der Waals surface area contributed by atoms with Crippen LogP contribution in [0.1, 0.15) is 117 Å². The molecular weight excluding hydrogens is 969 g/mol. The Bertz CT molecular complexity index is 2820. The van der Waals surface area contributed by atoms with Crippen LogP contribution in [-0.2, 0) is 37.9 Å². The van der Waals surface area contributed by atoms with Crippen molar-refractivity contribution >= 4 is 14.1 Å². The number of hydrogen-bond acceptors (Lipinski definition) is 10. The zero-order chi connectivity index (χ0) is 54.0.